The van der Waals surface area contributed by atoms with Crippen molar-refractivity contribution in [1.29, 1.82) is 0 Å². The lowest BCUT2D eigenvalue weighted by atomic mass is 9.78. The van der Waals surface area contributed by atoms with E-state index in [4.69, 9.17) is 10.6 Å². The van der Waals surface area contributed by atoms with Crippen LogP contribution in [-0.4, -0.2) is 42.1 Å². The highest BCUT2D eigenvalue weighted by Gasteiger charge is 2.37. The summed E-state index contributed by atoms with van der Waals surface area (Å²) in [6.07, 6.45) is 9.92. The van der Waals surface area contributed by atoms with Gasteiger partial charge in [0.25, 0.3) is 5.91 Å². The van der Waals surface area contributed by atoms with Crippen molar-refractivity contribution in [3.63, 3.8) is 0 Å². The minimum Gasteiger partial charge on any atom is -0.364 e. The number of hydrogen-bond acceptors (Lipinski definition) is 4. The topological polar surface area (TPSA) is 67.6 Å². The predicted octanol–water partition coefficient (Wildman–Crippen LogP) is 1.18. The fraction of sp³-hybridized carbons (Fsp3) is 0.933. The molecule has 114 valence electrons. The summed E-state index contributed by atoms with van der Waals surface area (Å²) in [5, 5.41) is 0. The van der Waals surface area contributed by atoms with Crippen LogP contribution in [0.5, 0.6) is 0 Å². The average Bonchev–Trinajstić information content (AvgIpc) is 2.95. The zero-order valence-corrected chi connectivity index (χ0v) is 12.2. The van der Waals surface area contributed by atoms with Crippen molar-refractivity contribution in [3.8, 4) is 0 Å². The normalized spacial score (nSPS) is 38.5. The van der Waals surface area contributed by atoms with Crippen molar-refractivity contribution >= 4 is 5.91 Å². The lowest BCUT2D eigenvalue weighted by Gasteiger charge is -2.45. The van der Waals surface area contributed by atoms with Gasteiger partial charge in [0.2, 0.25) is 0 Å². The molecule has 5 nitrogen and oxygen atoms in total. The lowest BCUT2D eigenvalue weighted by Crippen LogP contribution is -2.49. The first-order chi connectivity index (χ1) is 9.78. The van der Waals surface area contributed by atoms with E-state index in [1.165, 1.54) is 45.1 Å². The van der Waals surface area contributed by atoms with Gasteiger partial charge in [-0.05, 0) is 51.0 Å². The van der Waals surface area contributed by atoms with Crippen LogP contribution >= 0.6 is 0 Å². The third-order valence-corrected chi connectivity index (χ3v) is 5.34. The zero-order valence-electron chi connectivity index (χ0n) is 12.2. The van der Waals surface area contributed by atoms with E-state index in [1.54, 1.807) is 0 Å². The van der Waals surface area contributed by atoms with E-state index in [0.717, 1.165) is 31.3 Å². The molecule has 5 heteroatoms. The van der Waals surface area contributed by atoms with Crippen LogP contribution in [0.25, 0.3) is 0 Å². The molecule has 0 aromatic carbocycles. The van der Waals surface area contributed by atoms with Gasteiger partial charge in [-0.15, -0.1) is 0 Å². The number of nitrogens with two attached hydrogens (primary N) is 1. The molecule has 3 aliphatic rings. The molecule has 1 saturated carbocycles. The maximum absolute atomic E-state index is 11.5. The van der Waals surface area contributed by atoms with E-state index >= 15 is 0 Å². The number of hydrazine groups is 1. The summed E-state index contributed by atoms with van der Waals surface area (Å²) in [6.45, 7) is 2.20. The van der Waals surface area contributed by atoms with Gasteiger partial charge in [-0.1, -0.05) is 12.8 Å². The first-order valence-electron chi connectivity index (χ1n) is 8.18. The van der Waals surface area contributed by atoms with Crippen LogP contribution in [0.1, 0.15) is 51.4 Å². The fourth-order valence-corrected chi connectivity index (χ4v) is 4.34. The standard InChI is InChI=1S/C15H27N3O2/c16-17-15(19)14-8-7-12(20-14)10-18-9-3-5-11-4-1-2-6-13(11)18/h11-14H,1-10,16H2,(H,17,19)/t11-,12?,13-,14?/m1/s1. The molecule has 2 unspecified atom stereocenters. The monoisotopic (exact) mass is 281 g/mol. The number of piperidine rings is 1. The van der Waals surface area contributed by atoms with E-state index in [-0.39, 0.29) is 18.1 Å². The Balaban J connectivity index is 1.53. The number of rotatable bonds is 3. The Morgan fingerprint density at radius 1 is 1.15 bits per heavy atom. The van der Waals surface area contributed by atoms with Crippen LogP contribution in [0.2, 0.25) is 0 Å². The molecule has 1 aliphatic carbocycles. The summed E-state index contributed by atoms with van der Waals surface area (Å²) >= 11 is 0. The zero-order chi connectivity index (χ0) is 13.9. The third kappa shape index (κ3) is 3.00. The van der Waals surface area contributed by atoms with E-state index in [9.17, 15) is 4.79 Å². The Kier molecular flexibility index (Phi) is 4.58. The number of amides is 1. The highest BCUT2D eigenvalue weighted by atomic mass is 16.5. The van der Waals surface area contributed by atoms with Gasteiger partial charge in [0.1, 0.15) is 6.10 Å². The molecule has 0 radical (unpaired) electrons. The van der Waals surface area contributed by atoms with Crippen molar-refractivity contribution in [1.82, 2.24) is 10.3 Å². The molecule has 0 aromatic rings. The molecule has 3 rings (SSSR count). The van der Waals surface area contributed by atoms with Gasteiger partial charge >= 0.3 is 0 Å². The van der Waals surface area contributed by atoms with Crippen LogP contribution in [0.4, 0.5) is 0 Å². The maximum Gasteiger partial charge on any atom is 0.263 e. The SMILES string of the molecule is NNC(=O)C1CCC(CN2CCC[C@H]3CCCC[C@H]32)O1. The molecule has 1 amide bonds. The van der Waals surface area contributed by atoms with Gasteiger partial charge in [0.05, 0.1) is 6.10 Å². The molecule has 0 aromatic heterocycles. The minimum atomic E-state index is -0.336. The third-order valence-electron chi connectivity index (χ3n) is 5.34. The number of ether oxygens (including phenoxy) is 1. The van der Waals surface area contributed by atoms with E-state index in [1.807, 2.05) is 0 Å². The number of nitrogens with one attached hydrogen (secondary N) is 1. The van der Waals surface area contributed by atoms with Gasteiger partial charge in [0.15, 0.2) is 0 Å². The summed E-state index contributed by atoms with van der Waals surface area (Å²) in [5.41, 5.74) is 2.20. The second-order valence-corrected chi connectivity index (χ2v) is 6.58. The van der Waals surface area contributed by atoms with Crippen molar-refractivity contribution in [3.05, 3.63) is 0 Å². The summed E-state index contributed by atoms with van der Waals surface area (Å²) in [6, 6.07) is 0.767. The molecule has 2 heterocycles. The first-order valence-corrected chi connectivity index (χ1v) is 8.18. The predicted molar refractivity (Wildman–Crippen MR) is 76.8 cm³/mol. The fourth-order valence-electron chi connectivity index (χ4n) is 4.34. The van der Waals surface area contributed by atoms with Crippen LogP contribution in [-0.2, 0) is 9.53 Å². The molecule has 3 fully saturated rings. The maximum atomic E-state index is 11.5. The molecular formula is C15H27N3O2. The van der Waals surface area contributed by atoms with Gasteiger partial charge in [-0.25, -0.2) is 5.84 Å². The molecule has 0 spiro atoms. The highest BCUT2D eigenvalue weighted by Crippen LogP contribution is 2.36. The molecule has 20 heavy (non-hydrogen) atoms. The van der Waals surface area contributed by atoms with Crippen molar-refractivity contribution in [2.45, 2.75) is 69.6 Å². The summed E-state index contributed by atoms with van der Waals surface area (Å²) in [7, 11) is 0. The molecule has 2 aliphatic heterocycles. The Morgan fingerprint density at radius 3 is 2.80 bits per heavy atom. The van der Waals surface area contributed by atoms with Crippen LogP contribution in [0.15, 0.2) is 0 Å². The highest BCUT2D eigenvalue weighted by molar-refractivity contribution is 5.80. The van der Waals surface area contributed by atoms with Crippen molar-refractivity contribution < 1.29 is 9.53 Å². The van der Waals surface area contributed by atoms with Crippen LogP contribution in [0.3, 0.4) is 0 Å². The van der Waals surface area contributed by atoms with Gasteiger partial charge in [0, 0.05) is 12.6 Å². The van der Waals surface area contributed by atoms with Gasteiger partial charge in [-0.2, -0.15) is 0 Å². The van der Waals surface area contributed by atoms with Crippen molar-refractivity contribution in [2.75, 3.05) is 13.1 Å². The summed E-state index contributed by atoms with van der Waals surface area (Å²) < 4.78 is 5.86. The Morgan fingerprint density at radius 2 is 1.95 bits per heavy atom. The molecule has 3 N–H and O–H groups in total. The van der Waals surface area contributed by atoms with E-state index < -0.39 is 0 Å². The number of carbonyl (C=O) groups is 1. The van der Waals surface area contributed by atoms with E-state index in [0.29, 0.717) is 0 Å². The summed E-state index contributed by atoms with van der Waals surface area (Å²) in [5.74, 6) is 5.90. The number of hydrogen-bond donors (Lipinski definition) is 2. The molecule has 0 bridgehead atoms. The van der Waals surface area contributed by atoms with Gasteiger partial charge in [-0.3, -0.25) is 15.1 Å². The molecule has 2 saturated heterocycles. The van der Waals surface area contributed by atoms with Gasteiger partial charge < -0.3 is 4.74 Å². The second-order valence-electron chi connectivity index (χ2n) is 6.58. The first kappa shape index (κ1) is 14.3. The van der Waals surface area contributed by atoms with Crippen LogP contribution in [0, 0.1) is 5.92 Å². The number of fused-ring (bicyclic) bond motifs is 1. The average molecular weight is 281 g/mol. The number of likely N-dealkylation sites (tertiary alicyclic amines) is 1. The Bertz CT molecular complexity index is 348. The number of nitrogens with zero attached hydrogens (tertiary/aromatic N) is 1. The Labute approximate surface area is 121 Å². The minimum absolute atomic E-state index is 0.179. The molecular weight excluding hydrogens is 254 g/mol. The second kappa shape index (κ2) is 6.41. The Hall–Kier alpha value is -0.650. The molecule has 4 atom stereocenters. The largest absolute Gasteiger partial charge is 0.364 e. The van der Waals surface area contributed by atoms with Crippen LogP contribution < -0.4 is 11.3 Å². The summed E-state index contributed by atoms with van der Waals surface area (Å²) in [4.78, 5) is 14.1. The number of carbonyl (C=O) groups excluding carboxylic acids is 1. The smallest absolute Gasteiger partial charge is 0.263 e. The quantitative estimate of drug-likeness (QED) is 0.463. The van der Waals surface area contributed by atoms with Crippen molar-refractivity contribution in [2.24, 2.45) is 11.8 Å². The lowest BCUT2D eigenvalue weighted by molar-refractivity contribution is -0.132. The van der Waals surface area contributed by atoms with E-state index in [2.05, 4.69) is 10.3 Å².